The fourth-order valence-corrected chi connectivity index (χ4v) is 4.52. The van der Waals surface area contributed by atoms with Crippen LogP contribution in [0.2, 0.25) is 0 Å². The van der Waals surface area contributed by atoms with E-state index in [0.717, 1.165) is 12.4 Å². The van der Waals surface area contributed by atoms with Crippen LogP contribution in [0.4, 0.5) is 43.9 Å². The summed E-state index contributed by atoms with van der Waals surface area (Å²) in [6, 6.07) is 24.9. The predicted molar refractivity (Wildman–Crippen MR) is 175 cm³/mol. The number of benzene rings is 4. The van der Waals surface area contributed by atoms with Crippen molar-refractivity contribution in [3.05, 3.63) is 167 Å². The molecule has 6 rings (SSSR count). The first-order chi connectivity index (χ1) is 25.1. The van der Waals surface area contributed by atoms with Gasteiger partial charge in [-0.2, -0.15) is 0 Å². The topological polar surface area (TPSA) is 63.1 Å². The van der Waals surface area contributed by atoms with Crippen LogP contribution in [-0.4, -0.2) is 20.9 Å². The SMILES string of the molecule is CC(=O)/C=C(/C)O.Fc1c(F)c(F)c(-c2ccc(-c3[c-]cccc3)nc2)c(F)c1F.Fc1c(F)c(F)c(-c2ccc(-c3[c-]cccc3)nc2)c(F)c1F.[Ir]. The summed E-state index contributed by atoms with van der Waals surface area (Å²) in [7, 11) is 0. The average Bonchev–Trinajstić information content (AvgIpc) is 3.16. The summed E-state index contributed by atoms with van der Waals surface area (Å²) < 4.78 is 134. The third kappa shape index (κ3) is 9.85. The van der Waals surface area contributed by atoms with Crippen molar-refractivity contribution >= 4 is 5.78 Å². The van der Waals surface area contributed by atoms with Crippen molar-refractivity contribution in [2.45, 2.75) is 13.8 Å². The van der Waals surface area contributed by atoms with Gasteiger partial charge >= 0.3 is 0 Å². The normalized spacial score (nSPS) is 10.7. The number of aliphatic hydroxyl groups excluding tert-OH is 1. The molecule has 0 fully saturated rings. The van der Waals surface area contributed by atoms with E-state index in [1.165, 1.54) is 44.2 Å². The van der Waals surface area contributed by atoms with Crippen molar-refractivity contribution in [1.82, 2.24) is 9.97 Å². The van der Waals surface area contributed by atoms with Crippen LogP contribution in [0.3, 0.4) is 0 Å². The second-order valence-corrected chi connectivity index (χ2v) is 10.7. The van der Waals surface area contributed by atoms with Gasteiger partial charge in [-0.05, 0) is 25.2 Å². The van der Waals surface area contributed by atoms with Gasteiger partial charge in [-0.15, -0.1) is 71.8 Å². The molecule has 6 aromatic rings. The van der Waals surface area contributed by atoms with Crippen LogP contribution in [-0.2, 0) is 24.9 Å². The summed E-state index contributed by atoms with van der Waals surface area (Å²) >= 11 is 0. The Kier molecular flexibility index (Phi) is 15.0. The van der Waals surface area contributed by atoms with E-state index >= 15 is 0 Å². The summed E-state index contributed by atoms with van der Waals surface area (Å²) in [6.45, 7) is 2.85. The van der Waals surface area contributed by atoms with E-state index < -0.39 is 69.3 Å². The van der Waals surface area contributed by atoms with E-state index in [4.69, 9.17) is 5.11 Å². The molecular formula is C39H22F10IrN2O2-2. The molecule has 54 heavy (non-hydrogen) atoms. The number of carbonyl (C=O) groups excluding carboxylic acids is 1. The summed E-state index contributed by atoms with van der Waals surface area (Å²) in [4.78, 5) is 18.0. The first kappa shape index (κ1) is 42.7. The Morgan fingerprint density at radius 1 is 0.537 bits per heavy atom. The molecule has 0 aliphatic carbocycles. The summed E-state index contributed by atoms with van der Waals surface area (Å²) in [6.07, 6.45) is 3.27. The smallest absolute Gasteiger partial charge is 0.200 e. The first-order valence-electron chi connectivity index (χ1n) is 14.9. The van der Waals surface area contributed by atoms with Gasteiger partial charge in [0.2, 0.25) is 11.6 Å². The first-order valence-corrected chi connectivity index (χ1v) is 14.9. The molecule has 0 unspecified atom stereocenters. The fourth-order valence-electron chi connectivity index (χ4n) is 4.52. The number of aromatic nitrogens is 2. The Balaban J connectivity index is 0.000000244. The van der Waals surface area contributed by atoms with Crippen molar-refractivity contribution in [2.24, 2.45) is 0 Å². The number of pyridine rings is 2. The standard InChI is InChI=1S/2C17H7F5N.C5H8O2.Ir/c2*18-13-12(14(19)16(21)17(22)15(13)20)10-6-7-11(23-8-10)9-4-2-1-3-5-9;1-4(6)3-5(2)7;/h2*1-4,6-8H;3,6H,1-2H3;/q2*-1;;/b;;4-3-;. The van der Waals surface area contributed by atoms with E-state index in [1.54, 1.807) is 48.5 Å². The third-order valence-electron chi connectivity index (χ3n) is 6.91. The minimum atomic E-state index is -2.19. The van der Waals surface area contributed by atoms with Crippen molar-refractivity contribution in [1.29, 1.82) is 0 Å². The minimum absolute atomic E-state index is 0. The molecule has 0 saturated heterocycles. The van der Waals surface area contributed by atoms with Gasteiger partial charge in [0.1, 0.15) is 0 Å². The molecule has 0 saturated carbocycles. The monoisotopic (exact) mass is 933 g/mol. The number of ketones is 1. The van der Waals surface area contributed by atoms with Crippen molar-refractivity contribution in [2.75, 3.05) is 0 Å². The van der Waals surface area contributed by atoms with Crippen molar-refractivity contribution in [3.8, 4) is 44.8 Å². The maximum atomic E-state index is 13.8. The molecule has 0 aliphatic heterocycles. The average molecular weight is 933 g/mol. The van der Waals surface area contributed by atoms with Crippen LogP contribution in [0.5, 0.6) is 0 Å². The second-order valence-electron chi connectivity index (χ2n) is 10.7. The molecule has 0 amide bonds. The Morgan fingerprint density at radius 3 is 1.09 bits per heavy atom. The van der Waals surface area contributed by atoms with Gasteiger partial charge in [0.05, 0.1) is 16.9 Å². The van der Waals surface area contributed by atoms with Crippen LogP contribution in [0, 0.1) is 70.3 Å². The Bertz CT molecular complexity index is 2060. The Labute approximate surface area is 314 Å². The number of carbonyl (C=O) groups is 1. The van der Waals surface area contributed by atoms with Crippen LogP contribution in [0.1, 0.15) is 13.8 Å². The molecule has 1 radical (unpaired) electrons. The maximum absolute atomic E-state index is 13.8. The number of nitrogens with zero attached hydrogens (tertiary/aromatic N) is 2. The van der Waals surface area contributed by atoms with Crippen LogP contribution < -0.4 is 0 Å². The number of aliphatic hydroxyl groups is 1. The third-order valence-corrected chi connectivity index (χ3v) is 6.91. The van der Waals surface area contributed by atoms with Gasteiger partial charge < -0.3 is 15.1 Å². The molecule has 4 aromatic carbocycles. The molecule has 15 heteroatoms. The van der Waals surface area contributed by atoms with Gasteiger partial charge in [-0.3, -0.25) is 4.79 Å². The largest absolute Gasteiger partial charge is 0.512 e. The molecule has 0 bridgehead atoms. The van der Waals surface area contributed by atoms with E-state index in [2.05, 4.69) is 22.1 Å². The van der Waals surface area contributed by atoms with Gasteiger partial charge in [0, 0.05) is 49.7 Å². The van der Waals surface area contributed by atoms with Gasteiger partial charge in [-0.1, -0.05) is 24.3 Å². The molecule has 0 aliphatic rings. The second kappa shape index (κ2) is 18.9. The molecule has 4 nitrogen and oxygen atoms in total. The molecule has 281 valence electrons. The minimum Gasteiger partial charge on any atom is -0.512 e. The molecular weight excluding hydrogens is 911 g/mol. The fraction of sp³-hybridized carbons (Fsp3) is 0.0513. The van der Waals surface area contributed by atoms with Gasteiger partial charge in [0.15, 0.2) is 52.3 Å². The van der Waals surface area contributed by atoms with E-state index in [-0.39, 0.29) is 42.8 Å². The Hall–Kier alpha value is -5.66. The predicted octanol–water partition coefficient (Wildman–Crippen LogP) is 10.9. The quantitative estimate of drug-likeness (QED) is 0.0467. The molecule has 0 atom stereocenters. The summed E-state index contributed by atoms with van der Waals surface area (Å²) in [5.41, 5.74) is -0.241. The van der Waals surface area contributed by atoms with Crippen molar-refractivity contribution < 1.29 is 73.9 Å². The Morgan fingerprint density at radius 2 is 0.870 bits per heavy atom. The van der Waals surface area contributed by atoms with Gasteiger partial charge in [0.25, 0.3) is 0 Å². The maximum Gasteiger partial charge on any atom is 0.200 e. The number of hydrogen-bond donors (Lipinski definition) is 1. The van der Waals surface area contributed by atoms with Crippen LogP contribution in [0.15, 0.2) is 97.0 Å². The zero-order valence-electron chi connectivity index (χ0n) is 27.5. The number of allylic oxidation sites excluding steroid dienone is 2. The molecule has 1 N–H and O–H groups in total. The summed E-state index contributed by atoms with van der Waals surface area (Å²) in [5, 5.41) is 8.36. The van der Waals surface area contributed by atoms with Crippen LogP contribution >= 0.6 is 0 Å². The zero-order chi connectivity index (χ0) is 39.0. The van der Waals surface area contributed by atoms with E-state index in [0.29, 0.717) is 22.5 Å². The number of halogens is 10. The zero-order valence-corrected chi connectivity index (χ0v) is 29.9. The molecule has 2 heterocycles. The number of hydrogen-bond acceptors (Lipinski definition) is 4. The molecule has 0 spiro atoms. The summed E-state index contributed by atoms with van der Waals surface area (Å²) in [5.74, 6) is -19.9. The van der Waals surface area contributed by atoms with E-state index in [9.17, 15) is 48.7 Å². The molecule has 2 aromatic heterocycles. The number of rotatable bonds is 5. The van der Waals surface area contributed by atoms with Gasteiger partial charge in [-0.25, -0.2) is 43.9 Å². The van der Waals surface area contributed by atoms with Crippen molar-refractivity contribution in [3.63, 3.8) is 0 Å². The van der Waals surface area contributed by atoms with Crippen LogP contribution in [0.25, 0.3) is 44.8 Å². The van der Waals surface area contributed by atoms with E-state index in [1.807, 2.05) is 0 Å².